The second-order valence-electron chi connectivity index (χ2n) is 10.1. The molecule has 204 valence electrons. The zero-order valence-corrected chi connectivity index (χ0v) is 20.6. The molecule has 0 radical (unpaired) electrons. The summed E-state index contributed by atoms with van der Waals surface area (Å²) in [6.07, 6.45) is -8.07. The van der Waals surface area contributed by atoms with E-state index in [1.807, 2.05) is 31.3 Å². The number of nitrogens with zero attached hydrogens (tertiary/aromatic N) is 1. The van der Waals surface area contributed by atoms with Crippen molar-refractivity contribution < 1.29 is 53.6 Å². The van der Waals surface area contributed by atoms with Crippen molar-refractivity contribution in [3.05, 3.63) is 46.5 Å². The molecule has 0 saturated carbocycles. The van der Waals surface area contributed by atoms with Gasteiger partial charge >= 0.3 is 0 Å². The third-order valence-corrected chi connectivity index (χ3v) is 7.98. The van der Waals surface area contributed by atoms with Crippen molar-refractivity contribution in [2.45, 2.75) is 55.6 Å². The Labute approximate surface area is 217 Å². The van der Waals surface area contributed by atoms with Crippen molar-refractivity contribution in [2.24, 2.45) is 0 Å². The molecule has 4 N–H and O–H groups in total. The lowest BCUT2D eigenvalue weighted by Crippen LogP contribution is -2.59. The molecular weight excluding hydrogens is 502 g/mol. The monoisotopic (exact) mass is 531 g/mol. The van der Waals surface area contributed by atoms with Gasteiger partial charge in [0.2, 0.25) is 13.6 Å². The zero-order valence-electron chi connectivity index (χ0n) is 20.6. The van der Waals surface area contributed by atoms with Crippen LogP contribution in [0.25, 0.3) is 0 Å². The SMILES string of the molecule is CN1CCc2cc3c(cc2[C@H]2O[C@@H](O[C@H]4O[C@H](CO)[C@@H](O)[C@H](O)[C@H]4O)c4c(ccc5c4OCO5)[C@@H]21)OCO3. The molecule has 5 aliphatic heterocycles. The highest BCUT2D eigenvalue weighted by Crippen LogP contribution is 2.55. The van der Waals surface area contributed by atoms with Gasteiger partial charge in [0.1, 0.15) is 30.5 Å². The van der Waals surface area contributed by atoms with Crippen LogP contribution in [-0.4, -0.2) is 89.8 Å². The van der Waals surface area contributed by atoms with Crippen molar-refractivity contribution >= 4 is 0 Å². The maximum absolute atomic E-state index is 10.7. The van der Waals surface area contributed by atoms with E-state index in [4.69, 9.17) is 33.2 Å². The molecule has 5 aliphatic rings. The second-order valence-corrected chi connectivity index (χ2v) is 10.1. The minimum absolute atomic E-state index is 0.0365. The lowest BCUT2D eigenvalue weighted by molar-refractivity contribution is -0.349. The molecule has 1 saturated heterocycles. The number of hydrogen-bond donors (Lipinski definition) is 4. The first-order chi connectivity index (χ1) is 18.4. The van der Waals surface area contributed by atoms with Crippen LogP contribution in [-0.2, 0) is 20.6 Å². The van der Waals surface area contributed by atoms with Gasteiger partial charge in [0.15, 0.2) is 35.6 Å². The molecule has 0 spiro atoms. The lowest BCUT2D eigenvalue weighted by Gasteiger charge is -2.45. The van der Waals surface area contributed by atoms with E-state index in [0.717, 1.165) is 29.7 Å². The fourth-order valence-corrected chi connectivity index (χ4v) is 5.98. The van der Waals surface area contributed by atoms with Gasteiger partial charge in [0.25, 0.3) is 0 Å². The maximum Gasteiger partial charge on any atom is 0.231 e. The number of aliphatic hydroxyl groups excluding tert-OH is 4. The van der Waals surface area contributed by atoms with E-state index in [1.165, 1.54) is 0 Å². The molecule has 7 rings (SSSR count). The highest BCUT2D eigenvalue weighted by molar-refractivity contribution is 5.57. The van der Waals surface area contributed by atoms with Gasteiger partial charge < -0.3 is 53.6 Å². The summed E-state index contributed by atoms with van der Waals surface area (Å²) >= 11 is 0. The summed E-state index contributed by atoms with van der Waals surface area (Å²) in [4.78, 5) is 2.21. The van der Waals surface area contributed by atoms with Crippen LogP contribution in [0.1, 0.15) is 40.7 Å². The fraction of sp³-hybridized carbons (Fsp3) is 0.538. The topological polar surface area (TPSA) is 149 Å². The van der Waals surface area contributed by atoms with E-state index in [1.54, 1.807) is 0 Å². The summed E-state index contributed by atoms with van der Waals surface area (Å²) in [6.45, 7) is 0.371. The first-order valence-electron chi connectivity index (χ1n) is 12.6. The number of fused-ring (bicyclic) bond motifs is 8. The minimum atomic E-state index is -1.59. The van der Waals surface area contributed by atoms with Gasteiger partial charge in [-0.2, -0.15) is 0 Å². The van der Waals surface area contributed by atoms with Gasteiger partial charge in [-0.05, 0) is 48.4 Å². The Bertz CT molecular complexity index is 1240. The van der Waals surface area contributed by atoms with E-state index < -0.39 is 49.7 Å². The van der Waals surface area contributed by atoms with Crippen molar-refractivity contribution in [3.63, 3.8) is 0 Å². The van der Waals surface area contributed by atoms with Crippen LogP contribution in [0.5, 0.6) is 23.0 Å². The fourth-order valence-electron chi connectivity index (χ4n) is 5.98. The Morgan fingerprint density at radius 3 is 2.47 bits per heavy atom. The normalized spacial score (nSPS) is 35.3. The molecule has 0 bridgehead atoms. The van der Waals surface area contributed by atoms with Crippen LogP contribution in [0.4, 0.5) is 0 Å². The molecule has 5 heterocycles. The van der Waals surface area contributed by atoms with E-state index in [2.05, 4.69) is 4.90 Å². The van der Waals surface area contributed by atoms with Crippen LogP contribution in [0.15, 0.2) is 24.3 Å². The quantitative estimate of drug-likeness (QED) is 0.430. The Morgan fingerprint density at radius 2 is 1.66 bits per heavy atom. The molecule has 12 heteroatoms. The van der Waals surface area contributed by atoms with Crippen molar-refractivity contribution in [1.82, 2.24) is 4.90 Å². The maximum atomic E-state index is 10.7. The third kappa shape index (κ3) is 3.67. The van der Waals surface area contributed by atoms with Crippen molar-refractivity contribution in [3.8, 4) is 23.0 Å². The number of rotatable bonds is 3. The summed E-state index contributed by atoms with van der Waals surface area (Å²) in [5, 5.41) is 40.9. The van der Waals surface area contributed by atoms with Crippen LogP contribution >= 0.6 is 0 Å². The summed E-state index contributed by atoms with van der Waals surface area (Å²) in [6, 6.07) is 7.53. The predicted molar refractivity (Wildman–Crippen MR) is 126 cm³/mol. The Morgan fingerprint density at radius 1 is 0.895 bits per heavy atom. The standard InChI is InChI=1S/C26H29NO11/c1-27-5-4-11-6-15-16(34-9-33-15)7-13(11)23-19(27)12-2-3-14-24(35-10-32-14)18(12)25(37-23)38-26-22(31)21(30)20(29)17(8-28)36-26/h2-3,6-7,17,19-23,25-26,28-31H,4-5,8-10H2,1H3/t17-,19+,20-,21+,22-,23-,25+,26-/m1/s1. The average Bonchev–Trinajstić information content (AvgIpc) is 3.57. The highest BCUT2D eigenvalue weighted by Gasteiger charge is 2.49. The zero-order chi connectivity index (χ0) is 26.1. The molecule has 2 aromatic rings. The number of aliphatic hydroxyl groups is 4. The number of hydrogen-bond acceptors (Lipinski definition) is 12. The molecule has 2 aromatic carbocycles. The highest BCUT2D eigenvalue weighted by atomic mass is 16.8. The summed E-state index contributed by atoms with van der Waals surface area (Å²) in [7, 11) is 2.03. The third-order valence-electron chi connectivity index (χ3n) is 7.98. The van der Waals surface area contributed by atoms with Gasteiger partial charge in [0, 0.05) is 6.54 Å². The van der Waals surface area contributed by atoms with Crippen molar-refractivity contribution in [2.75, 3.05) is 33.8 Å². The van der Waals surface area contributed by atoms with Gasteiger partial charge in [-0.3, -0.25) is 4.90 Å². The summed E-state index contributed by atoms with van der Waals surface area (Å²) < 4.78 is 41.2. The average molecular weight is 532 g/mol. The first-order valence-corrected chi connectivity index (χ1v) is 12.6. The molecule has 0 aliphatic carbocycles. The molecule has 1 fully saturated rings. The Kier molecular flexibility index (Phi) is 5.91. The summed E-state index contributed by atoms with van der Waals surface area (Å²) in [5.74, 6) is 2.34. The van der Waals surface area contributed by atoms with Crippen LogP contribution in [0.3, 0.4) is 0 Å². The molecule has 0 unspecified atom stereocenters. The largest absolute Gasteiger partial charge is 0.454 e. The number of benzene rings is 2. The van der Waals surface area contributed by atoms with Crippen LogP contribution in [0, 0.1) is 0 Å². The van der Waals surface area contributed by atoms with E-state index >= 15 is 0 Å². The predicted octanol–water partition coefficient (Wildman–Crippen LogP) is 0.260. The molecule has 8 atom stereocenters. The summed E-state index contributed by atoms with van der Waals surface area (Å²) in [5.41, 5.74) is 3.47. The second kappa shape index (κ2) is 9.21. The lowest BCUT2D eigenvalue weighted by atomic mass is 9.87. The Balaban J connectivity index is 1.33. The number of likely N-dealkylation sites (N-methyl/N-ethyl adjacent to an activating group) is 1. The molecule has 38 heavy (non-hydrogen) atoms. The number of ether oxygens (including phenoxy) is 7. The smallest absolute Gasteiger partial charge is 0.231 e. The van der Waals surface area contributed by atoms with Gasteiger partial charge in [-0.15, -0.1) is 0 Å². The molecule has 12 nitrogen and oxygen atoms in total. The minimum Gasteiger partial charge on any atom is -0.454 e. The van der Waals surface area contributed by atoms with E-state index in [9.17, 15) is 20.4 Å². The Hall–Kier alpha value is -2.68. The van der Waals surface area contributed by atoms with E-state index in [-0.39, 0.29) is 19.6 Å². The molecule has 0 aromatic heterocycles. The molecule has 0 amide bonds. The van der Waals surface area contributed by atoms with Crippen molar-refractivity contribution in [1.29, 1.82) is 0 Å². The van der Waals surface area contributed by atoms with Crippen LogP contribution in [0.2, 0.25) is 0 Å². The van der Waals surface area contributed by atoms with Gasteiger partial charge in [-0.25, -0.2) is 0 Å². The van der Waals surface area contributed by atoms with Gasteiger partial charge in [0.05, 0.1) is 18.2 Å². The van der Waals surface area contributed by atoms with Gasteiger partial charge in [-0.1, -0.05) is 6.07 Å². The van der Waals surface area contributed by atoms with E-state index in [0.29, 0.717) is 28.6 Å². The first kappa shape index (κ1) is 24.4. The van der Waals surface area contributed by atoms with Crippen LogP contribution < -0.4 is 18.9 Å². The molecular formula is C26H29NO11.